The molecule has 2 amide bonds. The molecule has 2 aromatic rings. The quantitative estimate of drug-likeness (QED) is 0.739. The lowest BCUT2D eigenvalue weighted by Crippen LogP contribution is -2.36. The van der Waals surface area contributed by atoms with E-state index >= 15 is 0 Å². The zero-order chi connectivity index (χ0) is 21.4. The molecule has 0 saturated heterocycles. The van der Waals surface area contributed by atoms with Gasteiger partial charge in [0.1, 0.15) is 0 Å². The van der Waals surface area contributed by atoms with Gasteiger partial charge in [-0.2, -0.15) is 10.1 Å². The second kappa shape index (κ2) is 7.82. The summed E-state index contributed by atoms with van der Waals surface area (Å²) in [6.07, 6.45) is 1.90. The fraction of sp³-hybridized carbons (Fsp3) is 0.348. The zero-order valence-corrected chi connectivity index (χ0v) is 17.6. The van der Waals surface area contributed by atoms with Crippen molar-refractivity contribution in [2.75, 3.05) is 6.54 Å². The topological polar surface area (TPSA) is 79.9 Å². The van der Waals surface area contributed by atoms with Gasteiger partial charge >= 0.3 is 0 Å². The summed E-state index contributed by atoms with van der Waals surface area (Å²) >= 11 is 0. The Morgan fingerprint density at radius 2 is 1.87 bits per heavy atom. The zero-order valence-electron chi connectivity index (χ0n) is 17.6. The number of hydrogen-bond acceptors (Lipinski definition) is 4. The predicted octanol–water partition coefficient (Wildman–Crippen LogP) is 2.78. The number of benzene rings is 1. The average molecular weight is 403 g/mol. The van der Waals surface area contributed by atoms with Crippen molar-refractivity contribution in [1.29, 1.82) is 0 Å². The molecule has 154 valence electrons. The monoisotopic (exact) mass is 403 g/mol. The lowest BCUT2D eigenvalue weighted by Gasteiger charge is -2.29. The number of nitrogens with zero attached hydrogens (tertiary/aromatic N) is 5. The van der Waals surface area contributed by atoms with E-state index in [0.717, 1.165) is 29.9 Å². The van der Waals surface area contributed by atoms with Crippen LogP contribution in [0.4, 0.5) is 0 Å². The smallest absolute Gasteiger partial charge is 0.281 e. The summed E-state index contributed by atoms with van der Waals surface area (Å²) in [4.78, 5) is 35.1. The maximum atomic E-state index is 12.8. The molecule has 0 saturated carbocycles. The first-order chi connectivity index (χ1) is 14.3. The summed E-state index contributed by atoms with van der Waals surface area (Å²) in [5.74, 6) is -0.00530. The van der Waals surface area contributed by atoms with Crippen LogP contribution in [-0.2, 0) is 29.0 Å². The highest BCUT2D eigenvalue weighted by Gasteiger charge is 2.24. The first-order valence-corrected chi connectivity index (χ1v) is 10.1. The predicted molar refractivity (Wildman–Crippen MR) is 116 cm³/mol. The summed E-state index contributed by atoms with van der Waals surface area (Å²) in [6.45, 7) is 10.7. The van der Waals surface area contributed by atoms with Crippen LogP contribution < -0.4 is 0 Å². The molecule has 0 aliphatic carbocycles. The Balaban J connectivity index is 1.47. The van der Waals surface area contributed by atoms with Crippen LogP contribution in [-0.4, -0.2) is 44.7 Å². The summed E-state index contributed by atoms with van der Waals surface area (Å²) < 4.78 is 1.58. The van der Waals surface area contributed by atoms with E-state index in [-0.39, 0.29) is 11.9 Å². The van der Waals surface area contributed by atoms with Crippen LogP contribution in [0.25, 0.3) is 0 Å². The molecule has 1 aromatic carbocycles. The number of aryl methyl sites for hydroxylation is 1. The van der Waals surface area contributed by atoms with Crippen molar-refractivity contribution in [2.45, 2.75) is 46.6 Å². The first kappa shape index (κ1) is 19.9. The van der Waals surface area contributed by atoms with Gasteiger partial charge in [0, 0.05) is 25.2 Å². The van der Waals surface area contributed by atoms with Gasteiger partial charge in [-0.1, -0.05) is 30.8 Å². The first-order valence-electron chi connectivity index (χ1n) is 10.1. The number of aromatic nitrogens is 2. The molecule has 2 aliphatic heterocycles. The number of fused-ring (bicyclic) bond motifs is 1. The van der Waals surface area contributed by atoms with Gasteiger partial charge in [0.05, 0.1) is 17.0 Å². The molecule has 7 nitrogen and oxygen atoms in total. The maximum Gasteiger partial charge on any atom is 0.281 e. The fourth-order valence-corrected chi connectivity index (χ4v) is 3.98. The van der Waals surface area contributed by atoms with Crippen LogP contribution in [0.2, 0.25) is 0 Å². The summed E-state index contributed by atoms with van der Waals surface area (Å²) in [5, 5.41) is 4.52. The van der Waals surface area contributed by atoms with E-state index in [0.29, 0.717) is 30.7 Å². The molecule has 0 radical (unpaired) electrons. The van der Waals surface area contributed by atoms with E-state index in [1.54, 1.807) is 11.6 Å². The Bertz CT molecular complexity index is 1120. The van der Waals surface area contributed by atoms with Crippen molar-refractivity contribution in [2.24, 2.45) is 9.98 Å². The van der Waals surface area contributed by atoms with Gasteiger partial charge in [-0.25, -0.2) is 9.67 Å². The largest absolute Gasteiger partial charge is 0.338 e. The van der Waals surface area contributed by atoms with E-state index < -0.39 is 5.91 Å². The molecule has 7 heteroatoms. The van der Waals surface area contributed by atoms with Gasteiger partial charge in [0.15, 0.2) is 0 Å². The summed E-state index contributed by atoms with van der Waals surface area (Å²) in [6, 6.07) is 8.30. The number of hydrogen-bond donors (Lipinski definition) is 0. The van der Waals surface area contributed by atoms with Crippen LogP contribution >= 0.6 is 0 Å². The van der Waals surface area contributed by atoms with Crippen molar-refractivity contribution in [3.05, 3.63) is 64.5 Å². The fourth-order valence-electron chi connectivity index (χ4n) is 3.98. The summed E-state index contributed by atoms with van der Waals surface area (Å²) in [5.41, 5.74) is 6.06. The molecule has 0 unspecified atom stereocenters. The second-order valence-corrected chi connectivity index (χ2v) is 7.79. The third kappa shape index (κ3) is 3.63. The molecule has 3 heterocycles. The van der Waals surface area contributed by atoms with E-state index in [9.17, 15) is 9.59 Å². The van der Waals surface area contributed by atoms with Gasteiger partial charge in [-0.3, -0.25) is 9.59 Å². The van der Waals surface area contributed by atoms with Crippen LogP contribution in [0.15, 0.2) is 46.4 Å². The van der Waals surface area contributed by atoms with E-state index in [1.807, 2.05) is 30.9 Å². The SMILES string of the molecule is C=C1C(=O)N=C(n2nc(C)c(CCC(=O)N3CCc4ccccc4C3)c2C)N=C1C. The highest BCUT2D eigenvalue weighted by Crippen LogP contribution is 2.21. The van der Waals surface area contributed by atoms with Gasteiger partial charge in [0.25, 0.3) is 11.9 Å². The maximum absolute atomic E-state index is 12.8. The number of carbonyl (C=O) groups is 2. The van der Waals surface area contributed by atoms with Crippen molar-refractivity contribution in [3.63, 3.8) is 0 Å². The third-order valence-corrected chi connectivity index (χ3v) is 5.87. The minimum atomic E-state index is -0.396. The molecular weight excluding hydrogens is 378 g/mol. The van der Waals surface area contributed by atoms with Crippen molar-refractivity contribution < 1.29 is 9.59 Å². The lowest BCUT2D eigenvalue weighted by atomic mass is 9.99. The van der Waals surface area contributed by atoms with Crippen LogP contribution in [0.5, 0.6) is 0 Å². The minimum absolute atomic E-state index is 0.145. The molecule has 4 rings (SSSR count). The Labute approximate surface area is 175 Å². The molecule has 30 heavy (non-hydrogen) atoms. The molecule has 1 aromatic heterocycles. The van der Waals surface area contributed by atoms with E-state index in [4.69, 9.17) is 0 Å². The van der Waals surface area contributed by atoms with Crippen LogP contribution in [0, 0.1) is 13.8 Å². The van der Waals surface area contributed by atoms with Crippen molar-refractivity contribution in [1.82, 2.24) is 14.7 Å². The van der Waals surface area contributed by atoms with Gasteiger partial charge in [-0.05, 0) is 50.3 Å². The minimum Gasteiger partial charge on any atom is -0.338 e. The Morgan fingerprint density at radius 1 is 1.13 bits per heavy atom. The van der Waals surface area contributed by atoms with Gasteiger partial charge in [-0.15, -0.1) is 0 Å². The molecule has 2 aliphatic rings. The molecule has 0 fully saturated rings. The molecule has 0 bridgehead atoms. The molecule has 0 spiro atoms. The van der Waals surface area contributed by atoms with Gasteiger partial charge in [0.2, 0.25) is 5.91 Å². The Morgan fingerprint density at radius 3 is 2.60 bits per heavy atom. The second-order valence-electron chi connectivity index (χ2n) is 7.79. The molecule has 0 N–H and O–H groups in total. The van der Waals surface area contributed by atoms with Crippen LogP contribution in [0.3, 0.4) is 0 Å². The van der Waals surface area contributed by atoms with Crippen molar-refractivity contribution >= 4 is 23.5 Å². The summed E-state index contributed by atoms with van der Waals surface area (Å²) in [7, 11) is 0. The third-order valence-electron chi connectivity index (χ3n) is 5.87. The normalized spacial score (nSPS) is 16.3. The number of amides is 2. The van der Waals surface area contributed by atoms with E-state index in [1.165, 1.54) is 11.1 Å². The number of aliphatic imine (C=N–C) groups is 2. The Hall–Kier alpha value is -3.35. The number of rotatable bonds is 3. The lowest BCUT2D eigenvalue weighted by molar-refractivity contribution is -0.132. The molecule has 0 atom stereocenters. The highest BCUT2D eigenvalue weighted by molar-refractivity contribution is 6.27. The van der Waals surface area contributed by atoms with Gasteiger partial charge < -0.3 is 4.90 Å². The average Bonchev–Trinajstić information content (AvgIpc) is 3.03. The Kier molecular flexibility index (Phi) is 5.20. The van der Waals surface area contributed by atoms with Crippen LogP contribution in [0.1, 0.15) is 41.4 Å². The molecular formula is C23H25N5O2. The van der Waals surface area contributed by atoms with E-state index in [2.05, 4.69) is 33.8 Å². The van der Waals surface area contributed by atoms with Crippen molar-refractivity contribution in [3.8, 4) is 0 Å². The standard InChI is InChI=1S/C23H25N5O2/c1-14-15(2)24-23(25-22(14)30)28-17(4)20(16(3)26-28)9-10-21(29)27-12-11-18-7-5-6-8-19(18)13-27/h5-8H,1,9-13H2,2-4H3. The highest BCUT2D eigenvalue weighted by atomic mass is 16.2. The number of carbonyl (C=O) groups excluding carboxylic acids is 2.